The second kappa shape index (κ2) is 2.92. The van der Waals surface area contributed by atoms with E-state index in [9.17, 15) is 4.39 Å². The molecular weight excluding hydrogens is 191 g/mol. The highest BCUT2D eigenvalue weighted by molar-refractivity contribution is 6.29. The third-order valence-electron chi connectivity index (χ3n) is 2.87. The summed E-state index contributed by atoms with van der Waals surface area (Å²) < 4.78 is 13.1. The summed E-state index contributed by atoms with van der Waals surface area (Å²) in [6.45, 7) is 0.985. The third kappa shape index (κ3) is 1.27. The largest absolute Gasteiger partial charge is 0.379 e. The number of halogens is 1. The number of fused-ring (bicyclic) bond motifs is 3. The summed E-state index contributed by atoms with van der Waals surface area (Å²) in [5.41, 5.74) is 4.00. The van der Waals surface area contributed by atoms with Crippen LogP contribution in [-0.4, -0.2) is 24.2 Å². The van der Waals surface area contributed by atoms with Crippen molar-refractivity contribution >= 4 is 17.0 Å². The smallest absolute Gasteiger partial charge is 0.123 e. The van der Waals surface area contributed by atoms with Crippen LogP contribution >= 0.6 is 0 Å². The minimum atomic E-state index is -0.195. The van der Waals surface area contributed by atoms with Gasteiger partial charge in [-0.05, 0) is 18.2 Å². The fourth-order valence-corrected chi connectivity index (χ4v) is 2.08. The van der Waals surface area contributed by atoms with E-state index in [0.29, 0.717) is 0 Å². The average Bonchev–Trinajstić information content (AvgIpc) is 2.56. The minimum Gasteiger partial charge on any atom is -0.379 e. The van der Waals surface area contributed by atoms with Gasteiger partial charge in [0, 0.05) is 37.3 Å². The minimum absolute atomic E-state index is 0.195. The van der Waals surface area contributed by atoms with Gasteiger partial charge in [-0.2, -0.15) is 0 Å². The van der Waals surface area contributed by atoms with Crippen molar-refractivity contribution in [2.75, 3.05) is 13.6 Å². The van der Waals surface area contributed by atoms with Gasteiger partial charge in [0.15, 0.2) is 0 Å². The lowest BCUT2D eigenvalue weighted by atomic mass is 9.99. The normalized spacial score (nSPS) is 18.1. The lowest BCUT2D eigenvalue weighted by molar-refractivity contribution is 0.467. The number of aliphatic imine (C=N–C) groups is 1. The first-order valence-corrected chi connectivity index (χ1v) is 5.04. The first-order chi connectivity index (χ1) is 7.24. The first-order valence-electron chi connectivity index (χ1n) is 5.04. The van der Waals surface area contributed by atoms with Crippen LogP contribution in [0, 0.1) is 5.82 Å². The van der Waals surface area contributed by atoms with Crippen molar-refractivity contribution in [3.63, 3.8) is 0 Å². The van der Waals surface area contributed by atoms with Crippen molar-refractivity contribution in [2.45, 2.75) is 6.42 Å². The molecule has 0 radical (unpaired) electrons. The summed E-state index contributed by atoms with van der Waals surface area (Å²) in [5, 5.41) is 0. The Balaban J connectivity index is 2.18. The lowest BCUT2D eigenvalue weighted by Gasteiger charge is -2.21. The van der Waals surface area contributed by atoms with Crippen molar-refractivity contribution in [1.82, 2.24) is 4.90 Å². The SMILES string of the molecule is CN1C=C2C(=Nc3ccc(F)cc32)CC1. The maximum Gasteiger partial charge on any atom is 0.123 e. The van der Waals surface area contributed by atoms with Crippen molar-refractivity contribution in [1.29, 1.82) is 0 Å². The van der Waals surface area contributed by atoms with E-state index in [2.05, 4.69) is 9.89 Å². The van der Waals surface area contributed by atoms with Gasteiger partial charge in [0.2, 0.25) is 0 Å². The van der Waals surface area contributed by atoms with Gasteiger partial charge in [-0.3, -0.25) is 4.99 Å². The molecule has 0 amide bonds. The second-order valence-corrected chi connectivity index (χ2v) is 3.99. The molecule has 0 aliphatic carbocycles. The number of hydrogen-bond acceptors (Lipinski definition) is 2. The van der Waals surface area contributed by atoms with Crippen molar-refractivity contribution in [3.8, 4) is 0 Å². The molecule has 3 heteroatoms. The van der Waals surface area contributed by atoms with Crippen LogP contribution in [0.1, 0.15) is 12.0 Å². The molecule has 15 heavy (non-hydrogen) atoms. The van der Waals surface area contributed by atoms with E-state index in [1.54, 1.807) is 12.1 Å². The molecular formula is C12H11FN2. The van der Waals surface area contributed by atoms with Gasteiger partial charge in [-0.1, -0.05) is 0 Å². The molecule has 1 aromatic rings. The zero-order chi connectivity index (χ0) is 10.4. The van der Waals surface area contributed by atoms with Gasteiger partial charge >= 0.3 is 0 Å². The molecule has 0 N–H and O–H groups in total. The summed E-state index contributed by atoms with van der Waals surface area (Å²) in [6, 6.07) is 4.78. The van der Waals surface area contributed by atoms with Crippen LogP contribution in [0.25, 0.3) is 5.57 Å². The van der Waals surface area contributed by atoms with Gasteiger partial charge < -0.3 is 4.90 Å². The Bertz CT molecular complexity index is 488. The molecule has 0 unspecified atom stereocenters. The van der Waals surface area contributed by atoms with Crippen molar-refractivity contribution in [2.24, 2.45) is 4.99 Å². The Labute approximate surface area is 87.7 Å². The maximum atomic E-state index is 13.1. The molecule has 2 heterocycles. The van der Waals surface area contributed by atoms with E-state index in [1.807, 2.05) is 13.2 Å². The standard InChI is InChI=1S/C12H11FN2/c1-15-5-4-12-10(7-15)9-6-8(13)2-3-11(9)14-12/h2-3,6-7H,4-5H2,1H3. The summed E-state index contributed by atoms with van der Waals surface area (Å²) in [7, 11) is 2.03. The van der Waals surface area contributed by atoms with Gasteiger partial charge in [0.1, 0.15) is 5.82 Å². The van der Waals surface area contributed by atoms with Gasteiger partial charge in [0.05, 0.1) is 11.4 Å². The molecule has 0 fully saturated rings. The summed E-state index contributed by atoms with van der Waals surface area (Å²) in [5.74, 6) is -0.195. The summed E-state index contributed by atoms with van der Waals surface area (Å²) in [6.07, 6.45) is 2.99. The van der Waals surface area contributed by atoms with Crippen LogP contribution in [0.3, 0.4) is 0 Å². The third-order valence-corrected chi connectivity index (χ3v) is 2.87. The van der Waals surface area contributed by atoms with Crippen LogP contribution in [0.15, 0.2) is 29.4 Å². The lowest BCUT2D eigenvalue weighted by Crippen LogP contribution is -2.22. The molecule has 0 spiro atoms. The Kier molecular flexibility index (Phi) is 1.69. The topological polar surface area (TPSA) is 15.6 Å². The van der Waals surface area contributed by atoms with Crippen LogP contribution in [0.2, 0.25) is 0 Å². The number of rotatable bonds is 0. The molecule has 0 saturated carbocycles. The van der Waals surface area contributed by atoms with Crippen molar-refractivity contribution < 1.29 is 4.39 Å². The maximum absolute atomic E-state index is 13.1. The van der Waals surface area contributed by atoms with Gasteiger partial charge in [0.25, 0.3) is 0 Å². The van der Waals surface area contributed by atoms with E-state index in [0.717, 1.165) is 35.5 Å². The molecule has 2 nitrogen and oxygen atoms in total. The monoisotopic (exact) mass is 202 g/mol. The van der Waals surface area contributed by atoms with E-state index < -0.39 is 0 Å². The van der Waals surface area contributed by atoms with Crippen LogP contribution in [-0.2, 0) is 0 Å². The highest BCUT2D eigenvalue weighted by atomic mass is 19.1. The zero-order valence-electron chi connectivity index (χ0n) is 8.50. The van der Waals surface area contributed by atoms with E-state index in [4.69, 9.17) is 0 Å². The van der Waals surface area contributed by atoms with Crippen LogP contribution < -0.4 is 0 Å². The zero-order valence-corrected chi connectivity index (χ0v) is 8.50. The summed E-state index contributed by atoms with van der Waals surface area (Å²) >= 11 is 0. The van der Waals surface area contributed by atoms with E-state index in [1.165, 1.54) is 6.07 Å². The fraction of sp³-hybridized carbons (Fsp3) is 0.250. The number of allylic oxidation sites excluding steroid dienone is 1. The van der Waals surface area contributed by atoms with Crippen LogP contribution in [0.4, 0.5) is 10.1 Å². The molecule has 0 aromatic heterocycles. The Morgan fingerprint density at radius 2 is 2.27 bits per heavy atom. The predicted octanol–water partition coefficient (Wildman–Crippen LogP) is 2.59. The Hall–Kier alpha value is -1.64. The molecule has 0 saturated heterocycles. The molecule has 0 bridgehead atoms. The molecule has 3 rings (SSSR count). The Morgan fingerprint density at radius 1 is 1.40 bits per heavy atom. The van der Waals surface area contributed by atoms with Gasteiger partial charge in [-0.25, -0.2) is 4.39 Å². The number of benzene rings is 1. The Morgan fingerprint density at radius 3 is 3.13 bits per heavy atom. The highest BCUT2D eigenvalue weighted by Gasteiger charge is 2.24. The summed E-state index contributed by atoms with van der Waals surface area (Å²) in [4.78, 5) is 6.62. The molecule has 76 valence electrons. The second-order valence-electron chi connectivity index (χ2n) is 3.99. The van der Waals surface area contributed by atoms with E-state index >= 15 is 0 Å². The van der Waals surface area contributed by atoms with E-state index in [-0.39, 0.29) is 5.82 Å². The molecule has 2 aliphatic heterocycles. The fourth-order valence-electron chi connectivity index (χ4n) is 2.08. The molecule has 0 atom stereocenters. The van der Waals surface area contributed by atoms with Crippen LogP contribution in [0.5, 0.6) is 0 Å². The van der Waals surface area contributed by atoms with Gasteiger partial charge in [-0.15, -0.1) is 0 Å². The van der Waals surface area contributed by atoms with Crippen molar-refractivity contribution in [3.05, 3.63) is 35.8 Å². The molecule has 1 aromatic carbocycles. The number of hydrogen-bond donors (Lipinski definition) is 0. The average molecular weight is 202 g/mol. The molecule has 2 aliphatic rings. The first kappa shape index (κ1) is 8.65. The number of nitrogens with zero attached hydrogens (tertiary/aromatic N) is 2. The quantitative estimate of drug-likeness (QED) is 0.631. The highest BCUT2D eigenvalue weighted by Crippen LogP contribution is 2.37. The predicted molar refractivity (Wildman–Crippen MR) is 58.7 cm³/mol.